The van der Waals surface area contributed by atoms with Crippen molar-refractivity contribution in [2.75, 3.05) is 0 Å². The number of Topliss-reactive ketones (excluding diaryl/α,β-unsaturated/α-hetero) is 1. The van der Waals surface area contributed by atoms with E-state index in [0.29, 0.717) is 11.1 Å². The molecule has 0 radical (unpaired) electrons. The Bertz CT molecular complexity index is 574. The third-order valence-corrected chi connectivity index (χ3v) is 2.82. The largest absolute Gasteiger partial charge is 0.492 e. The molecule has 1 aromatic rings. The highest BCUT2D eigenvalue weighted by molar-refractivity contribution is 6.17. The fourth-order valence-corrected chi connectivity index (χ4v) is 2.06. The minimum Gasteiger partial charge on any atom is -0.492 e. The van der Waals surface area contributed by atoms with Gasteiger partial charge in [-0.15, -0.1) is 0 Å². The molecule has 2 aliphatic carbocycles. The van der Waals surface area contributed by atoms with Crippen LogP contribution in [-0.4, -0.2) is 10.9 Å². The van der Waals surface area contributed by atoms with Crippen molar-refractivity contribution in [3.8, 4) is 0 Å². The zero-order valence-corrected chi connectivity index (χ0v) is 8.47. The second-order valence-electron chi connectivity index (χ2n) is 3.80. The first-order valence-corrected chi connectivity index (χ1v) is 5.08. The minimum absolute atomic E-state index is 0.0493. The third kappa shape index (κ3) is 1.13. The fraction of sp³-hybridized carbons (Fsp3) is 0. The molecular formula is C14H9O2+. The molecule has 0 aromatic heterocycles. The van der Waals surface area contributed by atoms with Crippen LogP contribution in [0.5, 0.6) is 0 Å². The smallest absolute Gasteiger partial charge is 0.241 e. The van der Waals surface area contributed by atoms with E-state index in [4.69, 9.17) is 0 Å². The zero-order chi connectivity index (χ0) is 11.1. The highest BCUT2D eigenvalue weighted by atomic mass is 16.3. The summed E-state index contributed by atoms with van der Waals surface area (Å²) in [7, 11) is 0. The summed E-state index contributed by atoms with van der Waals surface area (Å²) in [6, 6.07) is 7.41. The number of fused-ring (bicyclic) bond motifs is 2. The molecule has 0 unspecified atom stereocenters. The lowest BCUT2D eigenvalue weighted by Crippen LogP contribution is -2.16. The first kappa shape index (κ1) is 9.04. The number of carbonyl (C=O) groups excluding carboxylic acids is 1. The van der Waals surface area contributed by atoms with Gasteiger partial charge in [-0.25, -0.2) is 0 Å². The van der Waals surface area contributed by atoms with Crippen LogP contribution in [0, 0.1) is 6.42 Å². The molecule has 16 heavy (non-hydrogen) atoms. The second-order valence-corrected chi connectivity index (χ2v) is 3.80. The molecule has 0 amide bonds. The van der Waals surface area contributed by atoms with Gasteiger partial charge in [0.05, 0.1) is 11.6 Å². The van der Waals surface area contributed by atoms with E-state index in [-0.39, 0.29) is 11.5 Å². The second kappa shape index (κ2) is 3.14. The van der Waals surface area contributed by atoms with E-state index in [1.54, 1.807) is 18.2 Å². The lowest BCUT2D eigenvalue weighted by Gasteiger charge is -2.13. The molecule has 2 heteroatoms. The maximum Gasteiger partial charge on any atom is 0.241 e. The van der Waals surface area contributed by atoms with Crippen LogP contribution in [0.4, 0.5) is 0 Å². The quantitative estimate of drug-likeness (QED) is 0.667. The van der Waals surface area contributed by atoms with Gasteiger partial charge in [0.1, 0.15) is 5.57 Å². The van der Waals surface area contributed by atoms with E-state index in [1.807, 2.05) is 30.7 Å². The Morgan fingerprint density at radius 2 is 2.00 bits per heavy atom. The molecule has 3 rings (SSSR count). The van der Waals surface area contributed by atoms with Crippen LogP contribution in [0.1, 0.15) is 15.9 Å². The molecule has 0 atom stereocenters. The lowest BCUT2D eigenvalue weighted by atomic mass is 9.83. The first-order chi connectivity index (χ1) is 7.77. The SMILES string of the molecule is O=C1C2=C(O)C=C[CH+]C2=Cc2ccccc21. The normalized spacial score (nSPS) is 17.5. The lowest BCUT2D eigenvalue weighted by molar-refractivity contribution is 0.103. The van der Waals surface area contributed by atoms with Crippen molar-refractivity contribution in [1.82, 2.24) is 0 Å². The molecule has 2 nitrogen and oxygen atoms in total. The maximum atomic E-state index is 12.1. The molecule has 0 bridgehead atoms. The Balaban J connectivity index is 2.29. The Morgan fingerprint density at radius 3 is 2.88 bits per heavy atom. The van der Waals surface area contributed by atoms with E-state index >= 15 is 0 Å². The number of ketones is 1. The number of aliphatic hydroxyl groups is 1. The number of hydrogen-bond acceptors (Lipinski definition) is 2. The zero-order valence-electron chi connectivity index (χ0n) is 8.47. The van der Waals surface area contributed by atoms with E-state index in [1.165, 1.54) is 0 Å². The molecule has 0 saturated heterocycles. The summed E-state index contributed by atoms with van der Waals surface area (Å²) in [5.41, 5.74) is 2.74. The van der Waals surface area contributed by atoms with Gasteiger partial charge in [-0.1, -0.05) is 12.1 Å². The number of rotatable bonds is 0. The minimum atomic E-state index is -0.105. The summed E-state index contributed by atoms with van der Waals surface area (Å²) >= 11 is 0. The average molecular weight is 209 g/mol. The number of benzene rings is 1. The van der Waals surface area contributed by atoms with E-state index in [2.05, 4.69) is 0 Å². The van der Waals surface area contributed by atoms with Crippen molar-refractivity contribution in [2.24, 2.45) is 0 Å². The summed E-state index contributed by atoms with van der Waals surface area (Å²) in [6.45, 7) is 0. The van der Waals surface area contributed by atoms with Crippen LogP contribution < -0.4 is 0 Å². The summed E-state index contributed by atoms with van der Waals surface area (Å²) < 4.78 is 0. The molecular weight excluding hydrogens is 200 g/mol. The van der Waals surface area contributed by atoms with Gasteiger partial charge in [0.2, 0.25) is 11.5 Å². The fourth-order valence-electron chi connectivity index (χ4n) is 2.06. The third-order valence-electron chi connectivity index (χ3n) is 2.82. The van der Waals surface area contributed by atoms with Crippen LogP contribution in [0.25, 0.3) is 6.08 Å². The van der Waals surface area contributed by atoms with Gasteiger partial charge in [0.15, 0.2) is 5.57 Å². The molecule has 0 aliphatic heterocycles. The maximum absolute atomic E-state index is 12.1. The van der Waals surface area contributed by atoms with Crippen molar-refractivity contribution in [1.29, 1.82) is 0 Å². The number of allylic oxidation sites excluding steroid dienone is 4. The molecule has 2 aliphatic rings. The van der Waals surface area contributed by atoms with Crippen molar-refractivity contribution in [3.63, 3.8) is 0 Å². The topological polar surface area (TPSA) is 37.3 Å². The van der Waals surface area contributed by atoms with Gasteiger partial charge in [0, 0.05) is 24.1 Å². The van der Waals surface area contributed by atoms with Gasteiger partial charge in [-0.2, -0.15) is 0 Å². The predicted octanol–water partition coefficient (Wildman–Crippen LogP) is 2.85. The monoisotopic (exact) mass is 209 g/mol. The predicted molar refractivity (Wildman–Crippen MR) is 61.8 cm³/mol. The summed E-state index contributed by atoms with van der Waals surface area (Å²) in [4.78, 5) is 12.1. The van der Waals surface area contributed by atoms with Gasteiger partial charge < -0.3 is 5.11 Å². The molecule has 76 valence electrons. The first-order valence-electron chi connectivity index (χ1n) is 5.08. The van der Waals surface area contributed by atoms with Crippen LogP contribution >= 0.6 is 0 Å². The Labute approximate surface area is 93.2 Å². The summed E-state index contributed by atoms with van der Waals surface area (Å²) in [5.74, 6) is -0.0561. The Hall–Kier alpha value is -2.22. The van der Waals surface area contributed by atoms with Crippen molar-refractivity contribution < 1.29 is 9.90 Å². The molecule has 1 aromatic carbocycles. The van der Waals surface area contributed by atoms with Crippen molar-refractivity contribution >= 4 is 11.9 Å². The van der Waals surface area contributed by atoms with Crippen molar-refractivity contribution in [3.05, 3.63) is 70.9 Å². The summed E-state index contributed by atoms with van der Waals surface area (Å²) in [5, 5.41) is 9.71. The molecule has 0 heterocycles. The van der Waals surface area contributed by atoms with E-state index in [0.717, 1.165) is 11.1 Å². The van der Waals surface area contributed by atoms with Crippen LogP contribution in [0.2, 0.25) is 0 Å². The average Bonchev–Trinajstić information content (AvgIpc) is 2.29. The van der Waals surface area contributed by atoms with Crippen molar-refractivity contribution in [2.45, 2.75) is 0 Å². The standard InChI is InChI=1S/C14H8O2/c15-12-7-3-5-10-8-9-4-1-2-6-11(9)14(16)13(10)12/h1-8H/p+1. The number of aliphatic hydroxyl groups excluding tert-OH is 1. The molecule has 0 saturated carbocycles. The number of hydrogen-bond donors (Lipinski definition) is 1. The summed E-state index contributed by atoms with van der Waals surface area (Å²) in [6.07, 6.45) is 7.04. The highest BCUT2D eigenvalue weighted by Crippen LogP contribution is 2.33. The van der Waals surface area contributed by atoms with Crippen LogP contribution in [0.15, 0.2) is 53.3 Å². The Morgan fingerprint density at radius 1 is 1.19 bits per heavy atom. The van der Waals surface area contributed by atoms with E-state index in [9.17, 15) is 9.90 Å². The molecule has 0 fully saturated rings. The van der Waals surface area contributed by atoms with Gasteiger partial charge in [-0.3, -0.25) is 4.79 Å². The Kier molecular flexibility index (Phi) is 1.77. The molecule has 0 spiro atoms. The van der Waals surface area contributed by atoms with Gasteiger partial charge in [-0.05, 0) is 12.1 Å². The van der Waals surface area contributed by atoms with Crippen LogP contribution in [0.3, 0.4) is 0 Å². The van der Waals surface area contributed by atoms with E-state index < -0.39 is 0 Å². The van der Waals surface area contributed by atoms with Gasteiger partial charge in [0.25, 0.3) is 0 Å². The van der Waals surface area contributed by atoms with Gasteiger partial charge >= 0.3 is 0 Å². The van der Waals surface area contributed by atoms with Crippen LogP contribution in [-0.2, 0) is 0 Å². The number of carbonyl (C=O) groups is 1. The highest BCUT2D eigenvalue weighted by Gasteiger charge is 2.34. The molecule has 1 N–H and O–H groups in total.